The van der Waals surface area contributed by atoms with Gasteiger partial charge in [0.15, 0.2) is 0 Å². The molecular weight excluding hydrogens is 648 g/mol. The number of piperazine rings is 1. The number of rotatable bonds is 6. The summed E-state index contributed by atoms with van der Waals surface area (Å²) in [6.45, 7) is 7.85. The summed E-state index contributed by atoms with van der Waals surface area (Å²) in [5, 5.41) is 0. The van der Waals surface area contributed by atoms with Gasteiger partial charge in [-0.15, -0.1) is 0 Å². The van der Waals surface area contributed by atoms with Gasteiger partial charge < -0.3 is 14.5 Å². The van der Waals surface area contributed by atoms with Crippen molar-refractivity contribution in [3.05, 3.63) is 76.7 Å². The first-order chi connectivity index (χ1) is 22.3. The molecule has 2 aromatic carbocycles. The second-order valence-electron chi connectivity index (χ2n) is 13.2. The second kappa shape index (κ2) is 12.6. The molecule has 2 aliphatic heterocycles. The number of morpholine rings is 1. The molecule has 0 aliphatic carbocycles. The van der Waals surface area contributed by atoms with Crippen LogP contribution in [0.25, 0.3) is 11.1 Å². The van der Waals surface area contributed by atoms with Crippen LogP contribution in [0.15, 0.2) is 48.7 Å². The highest BCUT2D eigenvalue weighted by Crippen LogP contribution is 2.42. The van der Waals surface area contributed by atoms with Crippen LogP contribution >= 0.6 is 0 Å². The average Bonchev–Trinajstić information content (AvgIpc) is 3.02. The number of halogens is 8. The van der Waals surface area contributed by atoms with Gasteiger partial charge in [0.25, 0.3) is 0 Å². The molecule has 0 spiro atoms. The molecule has 0 bridgehead atoms. The standard InChI is InChI=1S/C34H36F8N4O2/c1-20-10-24(36)6-7-26(20)27-14-29(46-18-32(4)19-48-9-8-45(32)17-25(46)15-35)43-16-28(27)44(5)30(47)31(2,3)21-11-22(33(37,38)39)13-23(12-21)34(40,41)42/h6-7,10-14,16,25H,8-9,15,17-19H2,1-5H3/t25-,32?/m1/s1. The number of fused-ring (bicyclic) bond motifs is 1. The largest absolute Gasteiger partial charge is 0.416 e. The lowest BCUT2D eigenvalue weighted by Gasteiger charge is -2.54. The molecular formula is C34H36F8N4O2. The Morgan fingerprint density at radius 3 is 2.21 bits per heavy atom. The van der Waals surface area contributed by atoms with E-state index in [4.69, 9.17) is 4.74 Å². The highest BCUT2D eigenvalue weighted by molar-refractivity contribution is 6.03. The van der Waals surface area contributed by atoms with E-state index in [1.807, 2.05) is 11.8 Å². The Hall–Kier alpha value is -3.78. The number of hydrogen-bond acceptors (Lipinski definition) is 5. The third-order valence-electron chi connectivity index (χ3n) is 9.39. The van der Waals surface area contributed by atoms with E-state index in [2.05, 4.69) is 9.88 Å². The first kappa shape index (κ1) is 35.5. The third-order valence-corrected chi connectivity index (χ3v) is 9.39. The first-order valence-corrected chi connectivity index (χ1v) is 15.3. The number of carbonyl (C=O) groups is 1. The van der Waals surface area contributed by atoms with Gasteiger partial charge in [0.1, 0.15) is 18.3 Å². The van der Waals surface area contributed by atoms with Crippen molar-refractivity contribution in [2.75, 3.05) is 56.4 Å². The molecule has 1 amide bonds. The SMILES string of the molecule is Cc1cc(F)ccc1-c1cc(N2CC3(C)COCCN3C[C@H]2CF)ncc1N(C)C(=O)C(C)(C)c1cc(C(F)(F)F)cc(C(F)(F)F)c1. The average molecular weight is 685 g/mol. The zero-order valence-electron chi connectivity index (χ0n) is 27.1. The molecule has 14 heteroatoms. The van der Waals surface area contributed by atoms with Gasteiger partial charge >= 0.3 is 12.4 Å². The van der Waals surface area contributed by atoms with Crippen LogP contribution < -0.4 is 9.80 Å². The van der Waals surface area contributed by atoms with E-state index in [0.717, 1.165) is 4.90 Å². The van der Waals surface area contributed by atoms with Crippen LogP contribution in [0.4, 0.5) is 46.6 Å². The van der Waals surface area contributed by atoms with E-state index in [-0.39, 0.29) is 11.8 Å². The van der Waals surface area contributed by atoms with Crippen LogP contribution in [0, 0.1) is 12.7 Å². The lowest BCUT2D eigenvalue weighted by atomic mass is 9.81. The van der Waals surface area contributed by atoms with E-state index < -0.39 is 64.4 Å². The zero-order valence-corrected chi connectivity index (χ0v) is 27.1. The van der Waals surface area contributed by atoms with Crippen molar-refractivity contribution in [2.45, 2.75) is 57.0 Å². The number of likely N-dealkylation sites (N-methyl/N-ethyl adjacent to an activating group) is 1. The third kappa shape index (κ3) is 6.73. The molecule has 0 saturated carbocycles. The molecule has 2 saturated heterocycles. The Morgan fingerprint density at radius 1 is 1.00 bits per heavy atom. The number of alkyl halides is 7. The molecule has 6 nitrogen and oxygen atoms in total. The smallest absolute Gasteiger partial charge is 0.378 e. The Labute approximate surface area is 273 Å². The second-order valence-corrected chi connectivity index (χ2v) is 13.2. The lowest BCUT2D eigenvalue weighted by Crippen LogP contribution is -2.69. The fraction of sp³-hybridized carbons (Fsp3) is 0.471. The summed E-state index contributed by atoms with van der Waals surface area (Å²) in [4.78, 5) is 23.8. The van der Waals surface area contributed by atoms with Crippen molar-refractivity contribution in [1.29, 1.82) is 0 Å². The van der Waals surface area contributed by atoms with E-state index in [1.165, 1.54) is 45.3 Å². The first-order valence-electron chi connectivity index (χ1n) is 15.3. The maximum Gasteiger partial charge on any atom is 0.416 e. The van der Waals surface area contributed by atoms with Gasteiger partial charge in [-0.1, -0.05) is 6.07 Å². The predicted molar refractivity (Wildman–Crippen MR) is 165 cm³/mol. The summed E-state index contributed by atoms with van der Waals surface area (Å²) in [5.74, 6) is -0.964. The minimum absolute atomic E-state index is 0.0101. The molecule has 260 valence electrons. The number of pyridine rings is 1. The number of aryl methyl sites for hydroxylation is 1. The summed E-state index contributed by atoms with van der Waals surface area (Å²) in [5.41, 5.74) is -4.35. The number of nitrogens with zero attached hydrogens (tertiary/aromatic N) is 4. The molecule has 5 rings (SSSR count). The van der Waals surface area contributed by atoms with E-state index in [0.29, 0.717) is 67.5 Å². The van der Waals surface area contributed by atoms with Crippen LogP contribution in [-0.4, -0.2) is 73.9 Å². The zero-order chi connectivity index (χ0) is 35.4. The molecule has 3 heterocycles. The van der Waals surface area contributed by atoms with Gasteiger partial charge in [0, 0.05) is 32.2 Å². The van der Waals surface area contributed by atoms with Crippen molar-refractivity contribution in [2.24, 2.45) is 0 Å². The van der Waals surface area contributed by atoms with Crippen LogP contribution in [0.3, 0.4) is 0 Å². The van der Waals surface area contributed by atoms with Crippen molar-refractivity contribution in [3.8, 4) is 11.1 Å². The molecule has 48 heavy (non-hydrogen) atoms. The Morgan fingerprint density at radius 2 is 1.62 bits per heavy atom. The highest BCUT2D eigenvalue weighted by atomic mass is 19.4. The van der Waals surface area contributed by atoms with Crippen molar-refractivity contribution in [1.82, 2.24) is 9.88 Å². The Balaban J connectivity index is 1.60. The predicted octanol–water partition coefficient (Wildman–Crippen LogP) is 7.42. The number of carbonyl (C=O) groups excluding carboxylic acids is 1. The van der Waals surface area contributed by atoms with Crippen LogP contribution in [0.2, 0.25) is 0 Å². The van der Waals surface area contributed by atoms with Gasteiger partial charge in [0.2, 0.25) is 5.91 Å². The number of hydrogen-bond donors (Lipinski definition) is 0. The van der Waals surface area contributed by atoms with Crippen molar-refractivity contribution < 1.29 is 44.7 Å². The molecule has 1 unspecified atom stereocenters. The Bertz CT molecular complexity index is 1660. The molecule has 2 aliphatic rings. The maximum absolute atomic E-state index is 14.5. The molecule has 1 aromatic heterocycles. The monoisotopic (exact) mass is 684 g/mol. The Kier molecular flexibility index (Phi) is 9.32. The van der Waals surface area contributed by atoms with E-state index >= 15 is 0 Å². The van der Waals surface area contributed by atoms with Crippen LogP contribution in [-0.2, 0) is 27.3 Å². The van der Waals surface area contributed by atoms with Gasteiger partial charge in [-0.3, -0.25) is 9.69 Å². The molecule has 0 N–H and O–H groups in total. The summed E-state index contributed by atoms with van der Waals surface area (Å²) in [6.07, 6.45) is -8.84. The van der Waals surface area contributed by atoms with Gasteiger partial charge in [0.05, 0.1) is 53.2 Å². The van der Waals surface area contributed by atoms with Gasteiger partial charge in [-0.25, -0.2) is 13.8 Å². The number of aromatic nitrogens is 1. The minimum atomic E-state index is -5.10. The minimum Gasteiger partial charge on any atom is -0.378 e. The quantitative estimate of drug-likeness (QED) is 0.253. The summed E-state index contributed by atoms with van der Waals surface area (Å²) >= 11 is 0. The number of benzene rings is 2. The number of amides is 1. The number of ether oxygens (including phenoxy) is 1. The van der Waals surface area contributed by atoms with Crippen LogP contribution in [0.1, 0.15) is 43.0 Å². The topological polar surface area (TPSA) is 48.9 Å². The maximum atomic E-state index is 14.5. The summed E-state index contributed by atoms with van der Waals surface area (Å²) < 4.78 is 116. The fourth-order valence-electron chi connectivity index (χ4n) is 6.51. The summed E-state index contributed by atoms with van der Waals surface area (Å²) in [6, 6.07) is 6.19. The number of anilines is 2. The molecule has 0 radical (unpaired) electrons. The molecule has 2 atom stereocenters. The lowest BCUT2D eigenvalue weighted by molar-refractivity contribution is -0.143. The normalized spacial score (nSPS) is 20.9. The van der Waals surface area contributed by atoms with Gasteiger partial charge in [-0.2, -0.15) is 26.3 Å². The highest BCUT2D eigenvalue weighted by Gasteiger charge is 2.45. The van der Waals surface area contributed by atoms with Gasteiger partial charge in [-0.05, 0) is 80.8 Å². The fourth-order valence-corrected chi connectivity index (χ4v) is 6.51. The van der Waals surface area contributed by atoms with Crippen molar-refractivity contribution in [3.63, 3.8) is 0 Å². The van der Waals surface area contributed by atoms with E-state index in [1.54, 1.807) is 13.0 Å². The van der Waals surface area contributed by atoms with Crippen molar-refractivity contribution >= 4 is 17.4 Å². The summed E-state index contributed by atoms with van der Waals surface area (Å²) in [7, 11) is 1.34. The molecule has 2 fully saturated rings. The molecule has 3 aromatic rings. The van der Waals surface area contributed by atoms with E-state index in [9.17, 15) is 39.9 Å². The van der Waals surface area contributed by atoms with Crippen LogP contribution in [0.5, 0.6) is 0 Å².